The highest BCUT2D eigenvalue weighted by Crippen LogP contribution is 2.27. The van der Waals surface area contributed by atoms with Gasteiger partial charge in [-0.15, -0.1) is 11.3 Å². The summed E-state index contributed by atoms with van der Waals surface area (Å²) in [5.41, 5.74) is -1.78. The Bertz CT molecular complexity index is 1590. The van der Waals surface area contributed by atoms with Crippen LogP contribution in [0.25, 0.3) is 11.4 Å². The first kappa shape index (κ1) is 26.9. The summed E-state index contributed by atoms with van der Waals surface area (Å²) in [7, 11) is 0. The molecule has 0 saturated carbocycles. The molecule has 196 valence electrons. The molecule has 0 aliphatic heterocycles. The van der Waals surface area contributed by atoms with Crippen LogP contribution in [0.15, 0.2) is 53.7 Å². The van der Waals surface area contributed by atoms with Crippen LogP contribution >= 0.6 is 22.9 Å². The first-order valence-electron chi connectivity index (χ1n) is 11.4. The zero-order chi connectivity index (χ0) is 27.6. The fraction of sp³-hybridized carbons (Fsp3) is 0.240. The molecule has 4 rings (SSSR count). The topological polar surface area (TPSA) is 149 Å². The predicted molar refractivity (Wildman–Crippen MR) is 142 cm³/mol. The quantitative estimate of drug-likeness (QED) is 0.307. The molecule has 0 fully saturated rings. The molecule has 0 aliphatic carbocycles. The number of hydrogen-bond donors (Lipinski definition) is 2. The molecule has 13 heteroatoms. The number of anilines is 1. The van der Waals surface area contributed by atoms with E-state index in [9.17, 15) is 24.3 Å². The van der Waals surface area contributed by atoms with Gasteiger partial charge in [0.05, 0.1) is 23.1 Å². The van der Waals surface area contributed by atoms with Gasteiger partial charge in [-0.1, -0.05) is 32.4 Å². The van der Waals surface area contributed by atoms with Gasteiger partial charge in [-0.3, -0.25) is 19.0 Å². The Morgan fingerprint density at radius 1 is 1.13 bits per heavy atom. The molecule has 0 radical (unpaired) electrons. The average Bonchev–Trinajstić information content (AvgIpc) is 3.48. The van der Waals surface area contributed by atoms with Crippen molar-refractivity contribution < 1.29 is 19.5 Å². The van der Waals surface area contributed by atoms with Gasteiger partial charge in [0.15, 0.2) is 0 Å². The number of nitrogens with one attached hydrogen (secondary N) is 1. The SMILES string of the molecule is CC(C)(C)C(=O)n1nc(-c2ccc(C(=O)O)c(=O)n2CC(=O)c2ccncn2)cc1NCc1ccc(Cl)s1. The van der Waals surface area contributed by atoms with Gasteiger partial charge in [0.2, 0.25) is 5.78 Å². The molecule has 0 aliphatic rings. The van der Waals surface area contributed by atoms with Crippen LogP contribution in [-0.2, 0) is 13.1 Å². The molecule has 0 aromatic carbocycles. The molecule has 4 aromatic rings. The van der Waals surface area contributed by atoms with E-state index >= 15 is 0 Å². The van der Waals surface area contributed by atoms with Gasteiger partial charge in [0.1, 0.15) is 29.1 Å². The lowest BCUT2D eigenvalue weighted by Crippen LogP contribution is -2.31. The van der Waals surface area contributed by atoms with Gasteiger partial charge in [0, 0.05) is 22.6 Å². The van der Waals surface area contributed by atoms with Crippen LogP contribution in [-0.4, -0.2) is 47.1 Å². The van der Waals surface area contributed by atoms with Crippen molar-refractivity contribution in [1.29, 1.82) is 0 Å². The second kappa shape index (κ2) is 10.7. The maximum Gasteiger partial charge on any atom is 0.341 e. The van der Waals surface area contributed by atoms with Crippen LogP contribution in [0.2, 0.25) is 4.34 Å². The van der Waals surface area contributed by atoms with Crippen LogP contribution in [0.3, 0.4) is 0 Å². The van der Waals surface area contributed by atoms with Crippen molar-refractivity contribution in [1.82, 2.24) is 24.3 Å². The third-order valence-electron chi connectivity index (χ3n) is 5.45. The maximum atomic E-state index is 13.2. The third kappa shape index (κ3) is 5.71. The summed E-state index contributed by atoms with van der Waals surface area (Å²) in [6.45, 7) is 5.10. The standard InChI is InChI=1S/C25H23ClN6O5S/c1-25(2,3)24(37)32-21(28-11-14-4-7-20(26)38-14)10-17(30-32)18-6-5-15(23(35)36)22(34)31(18)12-19(33)16-8-9-27-13-29-16/h4-10,13,28H,11-12H2,1-3H3,(H,35,36). The fourth-order valence-electron chi connectivity index (χ4n) is 3.53. The number of ketones is 1. The number of carbonyl (C=O) groups is 3. The number of carboxylic acid groups (broad SMARTS) is 1. The molecular weight excluding hydrogens is 532 g/mol. The van der Waals surface area contributed by atoms with Gasteiger partial charge < -0.3 is 10.4 Å². The molecule has 0 spiro atoms. The number of rotatable bonds is 8. The van der Waals surface area contributed by atoms with Crippen LogP contribution < -0.4 is 10.9 Å². The van der Waals surface area contributed by atoms with Gasteiger partial charge >= 0.3 is 5.97 Å². The minimum atomic E-state index is -1.44. The zero-order valence-corrected chi connectivity index (χ0v) is 22.2. The number of thiophene rings is 1. The van der Waals surface area contributed by atoms with E-state index in [1.165, 1.54) is 40.7 Å². The third-order valence-corrected chi connectivity index (χ3v) is 6.68. The molecular formula is C25H23ClN6O5S. The number of pyridine rings is 1. The normalized spacial score (nSPS) is 11.4. The molecule has 0 saturated heterocycles. The van der Waals surface area contributed by atoms with Crippen molar-refractivity contribution in [2.45, 2.75) is 33.9 Å². The number of hydrogen-bond acceptors (Lipinski definition) is 9. The minimum absolute atomic E-state index is 0.0592. The highest BCUT2D eigenvalue weighted by molar-refractivity contribution is 7.16. The Morgan fingerprint density at radius 2 is 1.89 bits per heavy atom. The van der Waals surface area contributed by atoms with Crippen molar-refractivity contribution in [3.8, 4) is 11.4 Å². The molecule has 11 nitrogen and oxygen atoms in total. The first-order chi connectivity index (χ1) is 18.0. The lowest BCUT2D eigenvalue weighted by molar-refractivity contribution is 0.0692. The minimum Gasteiger partial charge on any atom is -0.477 e. The molecule has 0 atom stereocenters. The Hall–Kier alpha value is -4.16. The number of carboxylic acids is 1. The van der Waals surface area contributed by atoms with E-state index in [0.29, 0.717) is 16.7 Å². The Kier molecular flexibility index (Phi) is 7.56. The molecule has 0 bridgehead atoms. The van der Waals surface area contributed by atoms with E-state index in [2.05, 4.69) is 20.4 Å². The van der Waals surface area contributed by atoms with E-state index in [0.717, 1.165) is 15.5 Å². The second-order valence-corrected chi connectivity index (χ2v) is 11.1. The molecule has 4 heterocycles. The summed E-state index contributed by atoms with van der Waals surface area (Å²) in [6.07, 6.45) is 2.58. The lowest BCUT2D eigenvalue weighted by Gasteiger charge is -2.18. The number of carbonyl (C=O) groups excluding carboxylic acids is 2. The Morgan fingerprint density at radius 3 is 2.50 bits per heavy atom. The van der Waals surface area contributed by atoms with Crippen molar-refractivity contribution in [2.24, 2.45) is 5.41 Å². The van der Waals surface area contributed by atoms with Crippen molar-refractivity contribution in [3.05, 3.63) is 79.7 Å². The summed E-state index contributed by atoms with van der Waals surface area (Å²) in [5, 5.41) is 17.1. The number of nitrogens with zero attached hydrogens (tertiary/aromatic N) is 5. The molecule has 0 amide bonds. The summed E-state index contributed by atoms with van der Waals surface area (Å²) in [5.74, 6) is -1.93. The summed E-state index contributed by atoms with van der Waals surface area (Å²) < 4.78 is 2.85. The number of Topliss-reactive ketones (excluding diaryl/α,β-unsaturated/α-hetero) is 1. The number of aromatic nitrogens is 5. The van der Waals surface area contributed by atoms with E-state index in [-0.39, 0.29) is 23.0 Å². The number of aromatic carboxylic acids is 1. The van der Waals surface area contributed by atoms with Gasteiger partial charge in [0.25, 0.3) is 11.5 Å². The maximum absolute atomic E-state index is 13.2. The summed E-state index contributed by atoms with van der Waals surface area (Å²) in [6, 6.07) is 9.12. The number of halogens is 1. The van der Waals surface area contributed by atoms with E-state index in [1.54, 1.807) is 32.9 Å². The summed E-state index contributed by atoms with van der Waals surface area (Å²) >= 11 is 7.41. The lowest BCUT2D eigenvalue weighted by atomic mass is 9.96. The van der Waals surface area contributed by atoms with Crippen LogP contribution in [0.5, 0.6) is 0 Å². The van der Waals surface area contributed by atoms with E-state index < -0.39 is 34.8 Å². The van der Waals surface area contributed by atoms with Crippen LogP contribution in [0, 0.1) is 5.41 Å². The van der Waals surface area contributed by atoms with Crippen molar-refractivity contribution in [3.63, 3.8) is 0 Å². The molecule has 38 heavy (non-hydrogen) atoms. The average molecular weight is 555 g/mol. The van der Waals surface area contributed by atoms with E-state index in [1.807, 2.05) is 6.07 Å². The Labute approximate surface area is 225 Å². The van der Waals surface area contributed by atoms with Crippen LogP contribution in [0.1, 0.15) is 51.3 Å². The summed E-state index contributed by atoms with van der Waals surface area (Å²) in [4.78, 5) is 59.5. The Balaban J connectivity index is 1.81. The van der Waals surface area contributed by atoms with Gasteiger partial charge in [-0.25, -0.2) is 14.8 Å². The second-order valence-electron chi connectivity index (χ2n) is 9.29. The largest absolute Gasteiger partial charge is 0.477 e. The van der Waals surface area contributed by atoms with E-state index in [4.69, 9.17) is 11.6 Å². The zero-order valence-electron chi connectivity index (χ0n) is 20.6. The predicted octanol–water partition coefficient (Wildman–Crippen LogP) is 4.10. The molecule has 4 aromatic heterocycles. The van der Waals surface area contributed by atoms with Crippen molar-refractivity contribution in [2.75, 3.05) is 5.32 Å². The monoisotopic (exact) mass is 554 g/mol. The van der Waals surface area contributed by atoms with Gasteiger partial charge in [-0.2, -0.15) is 9.78 Å². The highest BCUT2D eigenvalue weighted by Gasteiger charge is 2.28. The fourth-order valence-corrected chi connectivity index (χ4v) is 4.56. The van der Waals surface area contributed by atoms with Crippen molar-refractivity contribution >= 4 is 46.4 Å². The molecule has 2 N–H and O–H groups in total. The first-order valence-corrected chi connectivity index (χ1v) is 12.5. The van der Waals surface area contributed by atoms with Crippen LogP contribution in [0.4, 0.5) is 5.82 Å². The molecule has 0 unspecified atom stereocenters. The highest BCUT2D eigenvalue weighted by atomic mass is 35.5. The van der Waals surface area contributed by atoms with Gasteiger partial charge in [-0.05, 0) is 30.3 Å². The smallest absolute Gasteiger partial charge is 0.341 e.